The molecule has 1 aromatic heterocycles. The van der Waals surface area contributed by atoms with Gasteiger partial charge in [0.25, 0.3) is 0 Å². The van der Waals surface area contributed by atoms with Crippen LogP contribution in [0.1, 0.15) is 80.5 Å². The number of rotatable bonds is 17. The van der Waals surface area contributed by atoms with Gasteiger partial charge in [-0.3, -0.25) is 19.2 Å². The van der Waals surface area contributed by atoms with Crippen molar-refractivity contribution in [2.24, 2.45) is 11.7 Å². The summed E-state index contributed by atoms with van der Waals surface area (Å²) in [7, 11) is 0. The van der Waals surface area contributed by atoms with E-state index < -0.39 is 36.0 Å². The molecule has 1 aliphatic rings. The minimum absolute atomic E-state index is 0.116. The second kappa shape index (κ2) is 18.8. The second-order valence-corrected chi connectivity index (χ2v) is 14.6. The summed E-state index contributed by atoms with van der Waals surface area (Å²) < 4.78 is 0.916. The second-order valence-electron chi connectivity index (χ2n) is 13.0. The van der Waals surface area contributed by atoms with Crippen LogP contribution in [-0.4, -0.2) is 53.3 Å². The maximum absolute atomic E-state index is 14.2. The number of thiazole rings is 1. The molecule has 0 radical (unpaired) electrons. The van der Waals surface area contributed by atoms with Crippen molar-refractivity contribution in [2.45, 2.75) is 88.9 Å². The summed E-state index contributed by atoms with van der Waals surface area (Å²) in [5.74, 6) is -1.62. The van der Waals surface area contributed by atoms with E-state index in [1.54, 1.807) is 19.1 Å². The third-order valence-corrected chi connectivity index (χ3v) is 10.6. The van der Waals surface area contributed by atoms with Gasteiger partial charge < -0.3 is 27.0 Å². The van der Waals surface area contributed by atoms with Crippen molar-refractivity contribution in [1.29, 1.82) is 0 Å². The molecule has 0 unspecified atom stereocenters. The van der Waals surface area contributed by atoms with Crippen molar-refractivity contribution in [3.63, 3.8) is 0 Å². The fourth-order valence-corrected chi connectivity index (χ4v) is 7.73. The SMILES string of the molecule is CCC(=O)N[C@@H](Cc1nc2cc(Cl)ccc2s1)C(=O)N[C@H](C(=O)N[C@@H](CCCCN)C(=O)NC(c1ccccc1)c1ccccc1)C1CCCC1. The normalized spacial score (nSPS) is 14.9. The maximum Gasteiger partial charge on any atom is 0.243 e. The van der Waals surface area contributed by atoms with Crippen LogP contribution in [0.15, 0.2) is 78.9 Å². The number of hydrogen-bond donors (Lipinski definition) is 5. The number of carbonyl (C=O) groups excluding carboxylic acids is 4. The van der Waals surface area contributed by atoms with E-state index in [2.05, 4.69) is 26.3 Å². The summed E-state index contributed by atoms with van der Waals surface area (Å²) in [5, 5.41) is 13.2. The van der Waals surface area contributed by atoms with E-state index in [4.69, 9.17) is 17.3 Å². The Balaban J connectivity index is 1.36. The molecule has 0 saturated heterocycles. The minimum atomic E-state index is -0.952. The molecule has 4 aromatic rings. The molecule has 1 heterocycles. The Morgan fingerprint density at radius 2 is 1.47 bits per heavy atom. The molecule has 3 aromatic carbocycles. The monoisotopic (exact) mass is 730 g/mol. The third-order valence-electron chi connectivity index (χ3n) is 9.33. The Labute approximate surface area is 308 Å². The zero-order valence-electron chi connectivity index (χ0n) is 28.9. The summed E-state index contributed by atoms with van der Waals surface area (Å²) in [6, 6.07) is 21.7. The summed E-state index contributed by atoms with van der Waals surface area (Å²) in [5.41, 5.74) is 8.33. The largest absolute Gasteiger partial charge is 0.344 e. The summed E-state index contributed by atoms with van der Waals surface area (Å²) in [6.45, 7) is 2.18. The van der Waals surface area contributed by atoms with Gasteiger partial charge in [-0.2, -0.15) is 0 Å². The molecule has 0 spiro atoms. The van der Waals surface area contributed by atoms with Gasteiger partial charge in [-0.25, -0.2) is 4.98 Å². The molecule has 51 heavy (non-hydrogen) atoms. The Hall–Kier alpha value is -4.32. The van der Waals surface area contributed by atoms with Gasteiger partial charge in [0, 0.05) is 17.9 Å². The molecular weight excluding hydrogens is 684 g/mol. The Morgan fingerprint density at radius 1 is 0.824 bits per heavy atom. The van der Waals surface area contributed by atoms with Gasteiger partial charge in [0.2, 0.25) is 23.6 Å². The summed E-state index contributed by atoms with van der Waals surface area (Å²) in [6.07, 6.45) is 5.45. The minimum Gasteiger partial charge on any atom is -0.344 e. The van der Waals surface area contributed by atoms with Crippen LogP contribution in [0.3, 0.4) is 0 Å². The first-order valence-electron chi connectivity index (χ1n) is 17.8. The van der Waals surface area contributed by atoms with E-state index >= 15 is 0 Å². The smallest absolute Gasteiger partial charge is 0.243 e. The molecule has 0 bridgehead atoms. The van der Waals surface area contributed by atoms with E-state index in [1.807, 2.05) is 66.7 Å². The van der Waals surface area contributed by atoms with Crippen molar-refractivity contribution in [2.75, 3.05) is 6.54 Å². The lowest BCUT2D eigenvalue weighted by Gasteiger charge is -2.29. The molecule has 5 rings (SSSR count). The number of amides is 4. The first kappa shape index (κ1) is 37.9. The third kappa shape index (κ3) is 10.6. The van der Waals surface area contributed by atoms with Crippen molar-refractivity contribution in [3.8, 4) is 0 Å². The summed E-state index contributed by atoms with van der Waals surface area (Å²) >= 11 is 7.59. The van der Waals surface area contributed by atoms with E-state index in [-0.39, 0.29) is 30.6 Å². The van der Waals surface area contributed by atoms with E-state index in [0.29, 0.717) is 41.4 Å². The number of nitrogens with two attached hydrogens (primary N) is 1. The van der Waals surface area contributed by atoms with Crippen molar-refractivity contribution >= 4 is 56.8 Å². The molecule has 1 fully saturated rings. The number of hydrogen-bond acceptors (Lipinski definition) is 7. The zero-order valence-corrected chi connectivity index (χ0v) is 30.5. The van der Waals surface area contributed by atoms with Gasteiger partial charge >= 0.3 is 0 Å². The lowest BCUT2D eigenvalue weighted by atomic mass is 9.95. The van der Waals surface area contributed by atoms with Crippen molar-refractivity contribution in [1.82, 2.24) is 26.3 Å². The zero-order chi connectivity index (χ0) is 36.2. The number of halogens is 1. The number of aromatic nitrogens is 1. The molecule has 3 atom stereocenters. The quantitative estimate of drug-likeness (QED) is 0.0894. The molecule has 270 valence electrons. The van der Waals surface area contributed by atoms with Crippen LogP contribution in [0.5, 0.6) is 0 Å². The van der Waals surface area contributed by atoms with Crippen LogP contribution in [0, 0.1) is 5.92 Å². The molecule has 1 saturated carbocycles. The van der Waals surface area contributed by atoms with Crippen molar-refractivity contribution in [3.05, 3.63) is 100 Å². The van der Waals surface area contributed by atoms with Gasteiger partial charge in [-0.1, -0.05) is 92.0 Å². The average Bonchev–Trinajstić information content (AvgIpc) is 3.82. The maximum atomic E-state index is 14.2. The van der Waals surface area contributed by atoms with E-state index in [1.165, 1.54) is 11.3 Å². The summed E-state index contributed by atoms with van der Waals surface area (Å²) in [4.78, 5) is 59.5. The molecular formula is C39H47ClN6O4S. The first-order valence-corrected chi connectivity index (χ1v) is 19.0. The first-order chi connectivity index (χ1) is 24.7. The van der Waals surface area contributed by atoms with Gasteiger partial charge in [0.15, 0.2) is 0 Å². The fraction of sp³-hybridized carbons (Fsp3) is 0.410. The van der Waals surface area contributed by atoms with Crippen LogP contribution in [0.4, 0.5) is 0 Å². The number of nitrogens with one attached hydrogen (secondary N) is 4. The Bertz CT molecular complexity index is 1730. The Morgan fingerprint density at radius 3 is 2.10 bits per heavy atom. The lowest BCUT2D eigenvalue weighted by Crippen LogP contribution is -2.59. The van der Waals surface area contributed by atoms with E-state index in [0.717, 1.165) is 41.5 Å². The molecule has 1 aliphatic carbocycles. The predicted molar refractivity (Wildman–Crippen MR) is 202 cm³/mol. The predicted octanol–water partition coefficient (Wildman–Crippen LogP) is 5.58. The highest BCUT2D eigenvalue weighted by molar-refractivity contribution is 7.18. The molecule has 4 amide bonds. The van der Waals surface area contributed by atoms with Crippen LogP contribution in [-0.2, 0) is 25.6 Å². The molecule has 12 heteroatoms. The van der Waals surface area contributed by atoms with Gasteiger partial charge in [-0.15, -0.1) is 11.3 Å². The van der Waals surface area contributed by atoms with Crippen LogP contribution >= 0.6 is 22.9 Å². The van der Waals surface area contributed by atoms with Crippen LogP contribution in [0.25, 0.3) is 10.2 Å². The topological polar surface area (TPSA) is 155 Å². The molecule has 10 nitrogen and oxygen atoms in total. The lowest BCUT2D eigenvalue weighted by molar-refractivity contribution is -0.135. The van der Waals surface area contributed by atoms with Crippen LogP contribution < -0.4 is 27.0 Å². The highest BCUT2D eigenvalue weighted by atomic mass is 35.5. The number of carbonyl (C=O) groups is 4. The van der Waals surface area contributed by atoms with Gasteiger partial charge in [0.1, 0.15) is 18.1 Å². The number of unbranched alkanes of at least 4 members (excludes halogenated alkanes) is 1. The standard InChI is InChI=1S/C39H47ClN6O4S/c1-2-33(47)42-31(24-34-43-30-23-28(40)20-21-32(30)51-34)38(49)46-36(27-17-9-10-18-27)39(50)44-29(19-11-12-22-41)37(48)45-35(25-13-5-3-6-14-25)26-15-7-4-8-16-26/h3-8,13-16,20-21,23,27,29,31,35-36H,2,9-12,17-19,22,24,41H2,1H3,(H,42,47)(H,44,50)(H,45,48)(H,46,49)/t29-,31-,36-/m0/s1. The van der Waals surface area contributed by atoms with Crippen molar-refractivity contribution < 1.29 is 19.2 Å². The highest BCUT2D eigenvalue weighted by Crippen LogP contribution is 2.29. The van der Waals surface area contributed by atoms with Crippen LogP contribution in [0.2, 0.25) is 5.02 Å². The molecule has 6 N–H and O–H groups in total. The number of benzene rings is 3. The van der Waals surface area contributed by atoms with E-state index in [9.17, 15) is 19.2 Å². The average molecular weight is 731 g/mol. The fourth-order valence-electron chi connectivity index (χ4n) is 6.57. The highest BCUT2D eigenvalue weighted by Gasteiger charge is 2.36. The molecule has 0 aliphatic heterocycles. The number of fused-ring (bicyclic) bond motifs is 1. The van der Waals surface area contributed by atoms with Gasteiger partial charge in [0.05, 0.1) is 21.3 Å². The van der Waals surface area contributed by atoms with Gasteiger partial charge in [-0.05, 0) is 73.9 Å². The Kier molecular flexibility index (Phi) is 14.0. The number of nitrogens with zero attached hydrogens (tertiary/aromatic N) is 1.